The predicted molar refractivity (Wildman–Crippen MR) is 72.6 cm³/mol. The Morgan fingerprint density at radius 3 is 2.37 bits per heavy atom. The Labute approximate surface area is 115 Å². The number of hydrogen-bond acceptors (Lipinski definition) is 2. The summed E-state index contributed by atoms with van der Waals surface area (Å²) in [5, 5.41) is -0.0592. The number of aryl methyl sites for hydroxylation is 1. The number of benzene rings is 2. The van der Waals surface area contributed by atoms with E-state index in [9.17, 15) is 9.18 Å². The maximum absolute atomic E-state index is 13.1. The molecule has 19 heavy (non-hydrogen) atoms. The first-order valence-electron chi connectivity index (χ1n) is 5.67. The van der Waals surface area contributed by atoms with E-state index in [-0.39, 0.29) is 10.8 Å². The van der Waals surface area contributed by atoms with E-state index in [1.807, 2.05) is 6.92 Å². The predicted octanol–water partition coefficient (Wildman–Crippen LogP) is 4.03. The molecule has 0 spiro atoms. The summed E-state index contributed by atoms with van der Waals surface area (Å²) in [6, 6.07) is 9.07. The second kappa shape index (κ2) is 5.41. The van der Waals surface area contributed by atoms with Crippen LogP contribution in [0.15, 0.2) is 36.4 Å². The van der Waals surface area contributed by atoms with Gasteiger partial charge in [-0.1, -0.05) is 11.6 Å². The number of rotatable bonds is 3. The number of ether oxygens (including phenoxy) is 1. The number of methoxy groups -OCH3 is 1. The Morgan fingerprint density at radius 1 is 1.16 bits per heavy atom. The van der Waals surface area contributed by atoms with Crippen molar-refractivity contribution in [3.63, 3.8) is 0 Å². The van der Waals surface area contributed by atoms with Crippen molar-refractivity contribution in [1.29, 1.82) is 0 Å². The highest BCUT2D eigenvalue weighted by atomic mass is 35.5. The molecule has 98 valence electrons. The molecule has 2 aromatic carbocycles. The third kappa shape index (κ3) is 2.76. The summed E-state index contributed by atoms with van der Waals surface area (Å²) in [5.41, 5.74) is 1.73. The maximum Gasteiger partial charge on any atom is 0.193 e. The quantitative estimate of drug-likeness (QED) is 0.793. The normalized spacial score (nSPS) is 10.3. The molecule has 0 atom stereocenters. The second-order valence-corrected chi connectivity index (χ2v) is 4.55. The van der Waals surface area contributed by atoms with E-state index in [0.717, 1.165) is 5.56 Å². The van der Waals surface area contributed by atoms with Crippen molar-refractivity contribution in [2.75, 3.05) is 7.11 Å². The number of halogens is 2. The number of hydrogen-bond donors (Lipinski definition) is 0. The largest absolute Gasteiger partial charge is 0.496 e. The molecule has 2 nitrogen and oxygen atoms in total. The fraction of sp³-hybridized carbons (Fsp3) is 0.133. The van der Waals surface area contributed by atoms with E-state index in [1.54, 1.807) is 25.3 Å². The molecule has 4 heteroatoms. The first-order chi connectivity index (χ1) is 9.02. The molecule has 2 rings (SSSR count). The molecule has 0 aliphatic heterocycles. The van der Waals surface area contributed by atoms with Crippen LogP contribution in [0.5, 0.6) is 5.75 Å². The molecule has 0 bridgehead atoms. The van der Waals surface area contributed by atoms with Crippen LogP contribution in [0, 0.1) is 12.7 Å². The van der Waals surface area contributed by atoms with Crippen LogP contribution in [0.1, 0.15) is 21.5 Å². The number of carbonyl (C=O) groups excluding carboxylic acids is 1. The summed E-state index contributed by atoms with van der Waals surface area (Å²) >= 11 is 5.68. The van der Waals surface area contributed by atoms with Gasteiger partial charge in [0, 0.05) is 11.1 Å². The molecule has 0 aromatic heterocycles. The van der Waals surface area contributed by atoms with Crippen LogP contribution in [0.4, 0.5) is 4.39 Å². The topological polar surface area (TPSA) is 26.3 Å². The molecule has 0 saturated carbocycles. The fourth-order valence-electron chi connectivity index (χ4n) is 1.82. The van der Waals surface area contributed by atoms with Crippen molar-refractivity contribution < 1.29 is 13.9 Å². The Hall–Kier alpha value is -1.87. The zero-order valence-electron chi connectivity index (χ0n) is 10.5. The van der Waals surface area contributed by atoms with Gasteiger partial charge in [-0.2, -0.15) is 0 Å². The lowest BCUT2D eigenvalue weighted by Gasteiger charge is -2.07. The van der Waals surface area contributed by atoms with Crippen molar-refractivity contribution in [1.82, 2.24) is 0 Å². The van der Waals surface area contributed by atoms with Gasteiger partial charge >= 0.3 is 0 Å². The van der Waals surface area contributed by atoms with Crippen LogP contribution in [0.3, 0.4) is 0 Å². The van der Waals surface area contributed by atoms with Gasteiger partial charge in [-0.3, -0.25) is 4.79 Å². The van der Waals surface area contributed by atoms with Gasteiger partial charge in [0.2, 0.25) is 0 Å². The molecular formula is C15H12ClFO2. The molecule has 2 aromatic rings. The highest BCUT2D eigenvalue weighted by Crippen LogP contribution is 2.22. The van der Waals surface area contributed by atoms with E-state index < -0.39 is 5.82 Å². The van der Waals surface area contributed by atoms with Gasteiger partial charge in [0.25, 0.3) is 0 Å². The average molecular weight is 279 g/mol. The highest BCUT2D eigenvalue weighted by molar-refractivity contribution is 6.31. The van der Waals surface area contributed by atoms with Gasteiger partial charge in [-0.25, -0.2) is 4.39 Å². The third-order valence-electron chi connectivity index (χ3n) is 2.84. The van der Waals surface area contributed by atoms with Crippen LogP contribution >= 0.6 is 11.6 Å². The highest BCUT2D eigenvalue weighted by Gasteiger charge is 2.12. The Morgan fingerprint density at radius 2 is 1.79 bits per heavy atom. The summed E-state index contributed by atoms with van der Waals surface area (Å²) in [5.74, 6) is -0.0227. The van der Waals surface area contributed by atoms with E-state index in [2.05, 4.69) is 0 Å². The van der Waals surface area contributed by atoms with Gasteiger partial charge in [0.1, 0.15) is 11.6 Å². The summed E-state index contributed by atoms with van der Waals surface area (Å²) < 4.78 is 18.2. The van der Waals surface area contributed by atoms with Crippen LogP contribution in [0.2, 0.25) is 5.02 Å². The zero-order chi connectivity index (χ0) is 14.0. The summed E-state index contributed by atoms with van der Waals surface area (Å²) in [4.78, 5) is 12.2. The van der Waals surface area contributed by atoms with Crippen molar-refractivity contribution in [2.24, 2.45) is 0 Å². The minimum absolute atomic E-state index is 0.0592. The SMILES string of the molecule is COc1ccc(C(=O)c2ccc(F)c(Cl)c2)cc1C. The van der Waals surface area contributed by atoms with E-state index in [1.165, 1.54) is 18.2 Å². The lowest BCUT2D eigenvalue weighted by atomic mass is 10.0. The first kappa shape index (κ1) is 13.6. The average Bonchev–Trinajstić information content (AvgIpc) is 2.41. The minimum Gasteiger partial charge on any atom is -0.496 e. The smallest absolute Gasteiger partial charge is 0.193 e. The monoisotopic (exact) mass is 278 g/mol. The van der Waals surface area contributed by atoms with Gasteiger partial charge in [-0.15, -0.1) is 0 Å². The fourth-order valence-corrected chi connectivity index (χ4v) is 2.00. The molecule has 0 heterocycles. The minimum atomic E-state index is -0.538. The molecule has 0 N–H and O–H groups in total. The molecule has 0 saturated heterocycles. The molecular weight excluding hydrogens is 267 g/mol. The molecule has 0 radical (unpaired) electrons. The number of carbonyl (C=O) groups is 1. The standard InChI is InChI=1S/C15H12ClFO2/c1-9-7-10(4-6-14(9)19-2)15(18)11-3-5-13(17)12(16)8-11/h3-8H,1-2H3. The first-order valence-corrected chi connectivity index (χ1v) is 6.05. The van der Waals surface area contributed by atoms with Crippen LogP contribution < -0.4 is 4.74 Å². The lowest BCUT2D eigenvalue weighted by Crippen LogP contribution is -2.02. The summed E-state index contributed by atoms with van der Waals surface area (Å²) in [6.07, 6.45) is 0. The van der Waals surface area contributed by atoms with Crippen molar-refractivity contribution >= 4 is 17.4 Å². The lowest BCUT2D eigenvalue weighted by molar-refractivity contribution is 0.103. The van der Waals surface area contributed by atoms with Crippen LogP contribution in [0.25, 0.3) is 0 Å². The van der Waals surface area contributed by atoms with Crippen molar-refractivity contribution in [3.05, 3.63) is 63.9 Å². The van der Waals surface area contributed by atoms with E-state index in [4.69, 9.17) is 16.3 Å². The summed E-state index contributed by atoms with van der Waals surface area (Å²) in [6.45, 7) is 1.85. The Balaban J connectivity index is 2.38. The molecule has 0 unspecified atom stereocenters. The van der Waals surface area contributed by atoms with Gasteiger partial charge in [0.05, 0.1) is 12.1 Å². The molecule has 0 aliphatic carbocycles. The third-order valence-corrected chi connectivity index (χ3v) is 3.13. The van der Waals surface area contributed by atoms with Gasteiger partial charge in [-0.05, 0) is 48.9 Å². The Kier molecular flexibility index (Phi) is 3.86. The second-order valence-electron chi connectivity index (χ2n) is 4.14. The zero-order valence-corrected chi connectivity index (χ0v) is 11.3. The summed E-state index contributed by atoms with van der Waals surface area (Å²) in [7, 11) is 1.57. The van der Waals surface area contributed by atoms with Gasteiger partial charge in [0.15, 0.2) is 5.78 Å². The molecule has 0 aliphatic rings. The molecule has 0 amide bonds. The maximum atomic E-state index is 13.1. The van der Waals surface area contributed by atoms with Crippen molar-refractivity contribution in [2.45, 2.75) is 6.92 Å². The van der Waals surface area contributed by atoms with Crippen molar-refractivity contribution in [3.8, 4) is 5.75 Å². The number of ketones is 1. The van der Waals surface area contributed by atoms with Gasteiger partial charge < -0.3 is 4.74 Å². The van der Waals surface area contributed by atoms with Crippen LogP contribution in [-0.4, -0.2) is 12.9 Å². The Bertz CT molecular complexity index is 638. The molecule has 0 fully saturated rings. The van der Waals surface area contributed by atoms with E-state index >= 15 is 0 Å². The van der Waals surface area contributed by atoms with Crippen LogP contribution in [-0.2, 0) is 0 Å². The van der Waals surface area contributed by atoms with E-state index in [0.29, 0.717) is 16.9 Å².